The number of aromatic amines is 1. The van der Waals surface area contributed by atoms with Gasteiger partial charge in [-0.15, -0.1) is 0 Å². The predicted molar refractivity (Wildman–Crippen MR) is 58.5 cm³/mol. The number of nitrogens with zero attached hydrogens (tertiary/aromatic N) is 1. The van der Waals surface area contributed by atoms with Crippen LogP contribution in [0.2, 0.25) is 0 Å². The Labute approximate surface area is 91.0 Å². The van der Waals surface area contributed by atoms with Crippen LogP contribution in [0.15, 0.2) is 29.1 Å². The SMILES string of the molecule is Cc1[nH]c(=O)nc2c1C(=O)c1ccccc1-2. The van der Waals surface area contributed by atoms with E-state index in [1.807, 2.05) is 12.1 Å². The molecule has 2 aromatic rings. The van der Waals surface area contributed by atoms with Crippen LogP contribution < -0.4 is 5.69 Å². The van der Waals surface area contributed by atoms with E-state index in [0.717, 1.165) is 5.56 Å². The maximum Gasteiger partial charge on any atom is 0.345 e. The second-order valence-electron chi connectivity index (χ2n) is 3.77. The maximum atomic E-state index is 12.1. The van der Waals surface area contributed by atoms with Gasteiger partial charge in [0.25, 0.3) is 0 Å². The third-order valence-corrected chi connectivity index (χ3v) is 2.77. The molecule has 78 valence electrons. The molecule has 0 saturated heterocycles. The molecule has 0 spiro atoms. The largest absolute Gasteiger partial charge is 0.345 e. The van der Waals surface area contributed by atoms with Crippen LogP contribution in [0.25, 0.3) is 11.3 Å². The third-order valence-electron chi connectivity index (χ3n) is 2.77. The molecule has 0 bridgehead atoms. The molecule has 1 aliphatic rings. The van der Waals surface area contributed by atoms with Crippen molar-refractivity contribution in [1.29, 1.82) is 0 Å². The van der Waals surface area contributed by atoms with Gasteiger partial charge < -0.3 is 4.98 Å². The lowest BCUT2D eigenvalue weighted by Gasteiger charge is -1.99. The maximum absolute atomic E-state index is 12.1. The highest BCUT2D eigenvalue weighted by Crippen LogP contribution is 2.34. The van der Waals surface area contributed by atoms with Gasteiger partial charge in [0.2, 0.25) is 0 Å². The van der Waals surface area contributed by atoms with Crippen LogP contribution in [-0.2, 0) is 0 Å². The van der Waals surface area contributed by atoms with Crippen molar-refractivity contribution in [1.82, 2.24) is 9.97 Å². The number of H-pyrrole nitrogens is 1. The summed E-state index contributed by atoms with van der Waals surface area (Å²) < 4.78 is 0. The van der Waals surface area contributed by atoms with Crippen molar-refractivity contribution in [3.63, 3.8) is 0 Å². The number of fused-ring (bicyclic) bond motifs is 3. The molecular formula is C12H8N2O2. The minimum absolute atomic E-state index is 0.0631. The Balaban J connectivity index is 2.47. The molecule has 0 unspecified atom stereocenters. The van der Waals surface area contributed by atoms with Gasteiger partial charge in [0.15, 0.2) is 5.78 Å². The fraction of sp³-hybridized carbons (Fsp3) is 0.0833. The van der Waals surface area contributed by atoms with E-state index in [1.165, 1.54) is 0 Å². The molecule has 1 aromatic carbocycles. The van der Waals surface area contributed by atoms with Crippen molar-refractivity contribution < 1.29 is 4.79 Å². The zero-order valence-corrected chi connectivity index (χ0v) is 8.57. The smallest absolute Gasteiger partial charge is 0.309 e. The summed E-state index contributed by atoms with van der Waals surface area (Å²) in [6, 6.07) is 7.20. The third kappa shape index (κ3) is 1.01. The number of hydrogen-bond donors (Lipinski definition) is 1. The van der Waals surface area contributed by atoms with Gasteiger partial charge in [-0.2, -0.15) is 4.98 Å². The van der Waals surface area contributed by atoms with Crippen LogP contribution in [0.1, 0.15) is 21.6 Å². The highest BCUT2D eigenvalue weighted by molar-refractivity contribution is 6.21. The van der Waals surface area contributed by atoms with Crippen molar-refractivity contribution >= 4 is 5.78 Å². The minimum atomic E-state index is -0.416. The molecule has 3 rings (SSSR count). The molecule has 0 amide bonds. The Hall–Kier alpha value is -2.23. The Kier molecular flexibility index (Phi) is 1.63. The predicted octanol–water partition coefficient (Wildman–Crippen LogP) is 1.29. The van der Waals surface area contributed by atoms with E-state index in [9.17, 15) is 9.59 Å². The number of aromatic nitrogens is 2. The average Bonchev–Trinajstić information content (AvgIpc) is 2.54. The fourth-order valence-corrected chi connectivity index (χ4v) is 2.08. The van der Waals surface area contributed by atoms with E-state index in [-0.39, 0.29) is 5.78 Å². The number of carbonyl (C=O) groups is 1. The lowest BCUT2D eigenvalue weighted by Crippen LogP contribution is -2.15. The van der Waals surface area contributed by atoms with Gasteiger partial charge >= 0.3 is 5.69 Å². The topological polar surface area (TPSA) is 62.8 Å². The van der Waals surface area contributed by atoms with Crippen LogP contribution in [-0.4, -0.2) is 15.8 Å². The molecular weight excluding hydrogens is 204 g/mol. The van der Waals surface area contributed by atoms with Gasteiger partial charge in [-0.25, -0.2) is 4.79 Å². The lowest BCUT2D eigenvalue weighted by atomic mass is 10.1. The number of hydrogen-bond acceptors (Lipinski definition) is 3. The monoisotopic (exact) mass is 212 g/mol. The summed E-state index contributed by atoms with van der Waals surface area (Å²) in [5, 5.41) is 0. The zero-order valence-electron chi connectivity index (χ0n) is 8.57. The van der Waals surface area contributed by atoms with E-state index < -0.39 is 5.69 Å². The summed E-state index contributed by atoms with van der Waals surface area (Å²) in [7, 11) is 0. The van der Waals surface area contributed by atoms with Gasteiger partial charge in [0.1, 0.15) is 0 Å². The average molecular weight is 212 g/mol. The molecule has 0 radical (unpaired) electrons. The molecule has 1 aromatic heterocycles. The van der Waals surface area contributed by atoms with E-state index >= 15 is 0 Å². The minimum Gasteiger partial charge on any atom is -0.309 e. The van der Waals surface area contributed by atoms with Crippen LogP contribution in [0, 0.1) is 6.92 Å². The standard InChI is InChI=1S/C12H8N2O2/c1-6-9-10(14-12(16)13-6)7-4-2-3-5-8(7)11(9)15/h2-5H,1H3,(H,13,14,16). The van der Waals surface area contributed by atoms with Crippen molar-refractivity contribution in [2.45, 2.75) is 6.92 Å². The van der Waals surface area contributed by atoms with E-state index in [4.69, 9.17) is 0 Å². The Bertz CT molecular complexity index is 671. The van der Waals surface area contributed by atoms with Gasteiger partial charge in [0.05, 0.1) is 11.3 Å². The van der Waals surface area contributed by atoms with Crippen LogP contribution in [0.5, 0.6) is 0 Å². The van der Waals surface area contributed by atoms with Gasteiger partial charge in [0, 0.05) is 16.8 Å². The molecule has 0 fully saturated rings. The highest BCUT2D eigenvalue weighted by atomic mass is 16.1. The molecule has 1 aliphatic carbocycles. The second-order valence-corrected chi connectivity index (χ2v) is 3.77. The Morgan fingerprint density at radius 1 is 1.12 bits per heavy atom. The molecule has 16 heavy (non-hydrogen) atoms. The summed E-state index contributed by atoms with van der Waals surface area (Å²) in [5.41, 5.74) is 2.54. The molecule has 1 N–H and O–H groups in total. The van der Waals surface area contributed by atoms with E-state index in [0.29, 0.717) is 22.5 Å². The summed E-state index contributed by atoms with van der Waals surface area (Å²) in [6.45, 7) is 1.71. The molecule has 0 atom stereocenters. The molecule has 4 heteroatoms. The van der Waals surface area contributed by atoms with Crippen LogP contribution in [0.4, 0.5) is 0 Å². The van der Waals surface area contributed by atoms with E-state index in [2.05, 4.69) is 9.97 Å². The van der Waals surface area contributed by atoms with E-state index in [1.54, 1.807) is 19.1 Å². The molecule has 4 nitrogen and oxygen atoms in total. The van der Waals surface area contributed by atoms with Crippen molar-refractivity contribution in [2.24, 2.45) is 0 Å². The molecule has 1 heterocycles. The number of carbonyl (C=O) groups excluding carboxylic acids is 1. The molecule has 0 saturated carbocycles. The first-order valence-corrected chi connectivity index (χ1v) is 4.93. The van der Waals surface area contributed by atoms with Gasteiger partial charge in [-0.05, 0) is 6.92 Å². The highest BCUT2D eigenvalue weighted by Gasteiger charge is 2.29. The summed E-state index contributed by atoms with van der Waals surface area (Å²) >= 11 is 0. The normalized spacial score (nSPS) is 12.4. The first kappa shape index (κ1) is 9.03. The number of benzene rings is 1. The zero-order chi connectivity index (χ0) is 11.3. The summed E-state index contributed by atoms with van der Waals surface area (Å²) in [5.74, 6) is -0.0631. The number of rotatable bonds is 0. The van der Waals surface area contributed by atoms with Crippen molar-refractivity contribution in [3.8, 4) is 11.3 Å². The van der Waals surface area contributed by atoms with Crippen LogP contribution in [0.3, 0.4) is 0 Å². The van der Waals surface area contributed by atoms with Gasteiger partial charge in [-0.3, -0.25) is 4.79 Å². The number of nitrogens with one attached hydrogen (secondary N) is 1. The quantitative estimate of drug-likeness (QED) is 0.610. The van der Waals surface area contributed by atoms with Gasteiger partial charge in [-0.1, -0.05) is 24.3 Å². The Morgan fingerprint density at radius 3 is 2.56 bits per heavy atom. The fourth-order valence-electron chi connectivity index (χ4n) is 2.08. The lowest BCUT2D eigenvalue weighted by molar-refractivity contribution is 0.104. The Morgan fingerprint density at radius 2 is 1.81 bits per heavy atom. The number of ketones is 1. The molecule has 0 aliphatic heterocycles. The number of aryl methyl sites for hydroxylation is 1. The second kappa shape index (κ2) is 2.88. The summed E-state index contributed by atoms with van der Waals surface area (Å²) in [4.78, 5) is 29.8. The first-order valence-electron chi connectivity index (χ1n) is 4.93. The summed E-state index contributed by atoms with van der Waals surface area (Å²) in [6.07, 6.45) is 0. The first-order chi connectivity index (χ1) is 7.68. The van der Waals surface area contributed by atoms with Crippen molar-refractivity contribution in [2.75, 3.05) is 0 Å². The van der Waals surface area contributed by atoms with Crippen molar-refractivity contribution in [3.05, 3.63) is 51.6 Å². The van der Waals surface area contributed by atoms with Crippen LogP contribution >= 0.6 is 0 Å².